The smallest absolute Gasteiger partial charge is 0.331 e. The lowest BCUT2D eigenvalue weighted by Gasteiger charge is -2.08. The number of nitrogens with zero attached hydrogens (tertiary/aromatic N) is 2. The molecule has 4 rings (SSSR count). The number of carbonyl (C=O) groups is 1. The molecular formula is C18H15N3O4S2. The number of aliphatic imine (C=N–C) groups is 1. The number of hydrogen-bond donors (Lipinski definition) is 1. The molecule has 3 aromatic rings. The molecule has 0 amide bonds. The molecule has 0 unspecified atom stereocenters. The second-order valence-corrected chi connectivity index (χ2v) is 8.70. The number of amidine groups is 1. The second kappa shape index (κ2) is 6.75. The van der Waals surface area contributed by atoms with Crippen molar-refractivity contribution in [1.29, 1.82) is 0 Å². The maximum atomic E-state index is 12.3. The molecule has 138 valence electrons. The van der Waals surface area contributed by atoms with Crippen LogP contribution in [0.5, 0.6) is 0 Å². The minimum absolute atomic E-state index is 0.0513. The van der Waals surface area contributed by atoms with Gasteiger partial charge in [-0.3, -0.25) is 9.71 Å². The first-order valence-electron chi connectivity index (χ1n) is 8.15. The van der Waals surface area contributed by atoms with E-state index in [4.69, 9.17) is 4.74 Å². The predicted molar refractivity (Wildman–Crippen MR) is 102 cm³/mol. The van der Waals surface area contributed by atoms with Crippen LogP contribution >= 0.6 is 11.3 Å². The summed E-state index contributed by atoms with van der Waals surface area (Å²) in [5, 5.41) is 0.691. The van der Waals surface area contributed by atoms with Crippen LogP contribution in [0.3, 0.4) is 0 Å². The molecule has 0 fully saturated rings. The SMILES string of the molecule is C[C@H](N=C1NS(=O)(=O)c2ccccc21)C(=O)OCc1nc2ccccc2s1. The number of fused-ring (bicyclic) bond motifs is 2. The topological polar surface area (TPSA) is 97.7 Å². The lowest BCUT2D eigenvalue weighted by Crippen LogP contribution is -2.26. The van der Waals surface area contributed by atoms with Crippen molar-refractivity contribution in [2.75, 3.05) is 0 Å². The molecule has 0 spiro atoms. The highest BCUT2D eigenvalue weighted by atomic mass is 32.2. The van der Waals surface area contributed by atoms with Crippen LogP contribution in [0.1, 0.15) is 17.5 Å². The standard InChI is InChI=1S/C18H15N3O4S2/c1-11(19-17-12-6-2-5-9-15(12)27(23,24)21-17)18(22)25-10-16-20-13-7-3-4-8-14(13)26-16/h2-9,11H,10H2,1H3,(H,19,21)/t11-/m0/s1. The van der Waals surface area contributed by atoms with Crippen LogP contribution in [-0.4, -0.2) is 31.2 Å². The first-order valence-corrected chi connectivity index (χ1v) is 10.4. The van der Waals surface area contributed by atoms with Gasteiger partial charge in [0.15, 0.2) is 0 Å². The van der Waals surface area contributed by atoms with Gasteiger partial charge in [0, 0.05) is 5.56 Å². The van der Waals surface area contributed by atoms with Crippen LogP contribution < -0.4 is 4.72 Å². The van der Waals surface area contributed by atoms with E-state index < -0.39 is 22.0 Å². The zero-order chi connectivity index (χ0) is 19.0. The Hall–Kier alpha value is -2.78. The maximum Gasteiger partial charge on any atom is 0.331 e. The number of nitrogens with one attached hydrogen (secondary N) is 1. The lowest BCUT2D eigenvalue weighted by atomic mass is 10.2. The lowest BCUT2D eigenvalue weighted by molar-refractivity contribution is -0.145. The van der Waals surface area contributed by atoms with Crippen molar-refractivity contribution in [3.05, 3.63) is 59.1 Å². The Morgan fingerprint density at radius 3 is 2.78 bits per heavy atom. The van der Waals surface area contributed by atoms with Gasteiger partial charge < -0.3 is 4.74 Å². The normalized spacial score (nSPS) is 17.4. The molecule has 2 heterocycles. The van der Waals surface area contributed by atoms with E-state index in [1.165, 1.54) is 17.4 Å². The molecule has 0 bridgehead atoms. The Labute approximate surface area is 159 Å². The number of sulfonamides is 1. The molecule has 0 aliphatic carbocycles. The number of carbonyl (C=O) groups excluding carboxylic acids is 1. The van der Waals surface area contributed by atoms with Crippen LogP contribution in [0.4, 0.5) is 0 Å². The van der Waals surface area contributed by atoms with Gasteiger partial charge in [-0.1, -0.05) is 24.3 Å². The van der Waals surface area contributed by atoms with Crippen molar-refractivity contribution < 1.29 is 17.9 Å². The number of thiazole rings is 1. The Kier molecular flexibility index (Phi) is 4.40. The Bertz CT molecular complexity index is 1140. The van der Waals surface area contributed by atoms with Crippen molar-refractivity contribution in [2.45, 2.75) is 24.5 Å². The van der Waals surface area contributed by atoms with E-state index in [0.717, 1.165) is 10.2 Å². The van der Waals surface area contributed by atoms with Crippen LogP contribution in [0.15, 0.2) is 58.4 Å². The van der Waals surface area contributed by atoms with Gasteiger partial charge in [0.05, 0.1) is 15.1 Å². The molecule has 1 atom stereocenters. The first-order chi connectivity index (χ1) is 12.9. The Morgan fingerprint density at radius 2 is 1.96 bits per heavy atom. The molecule has 7 nitrogen and oxygen atoms in total. The third kappa shape index (κ3) is 3.43. The zero-order valence-electron chi connectivity index (χ0n) is 14.2. The minimum atomic E-state index is -3.64. The van der Waals surface area contributed by atoms with Crippen molar-refractivity contribution in [2.24, 2.45) is 4.99 Å². The van der Waals surface area contributed by atoms with Crippen molar-refractivity contribution in [3.8, 4) is 0 Å². The fraction of sp³-hybridized carbons (Fsp3) is 0.167. The van der Waals surface area contributed by atoms with E-state index >= 15 is 0 Å². The van der Waals surface area contributed by atoms with Crippen LogP contribution in [0.25, 0.3) is 10.2 Å². The fourth-order valence-electron chi connectivity index (χ4n) is 2.71. The van der Waals surface area contributed by atoms with E-state index in [1.807, 2.05) is 24.3 Å². The summed E-state index contributed by atoms with van der Waals surface area (Å²) < 4.78 is 32.9. The van der Waals surface area contributed by atoms with Gasteiger partial charge in [0.25, 0.3) is 10.0 Å². The highest BCUT2D eigenvalue weighted by Gasteiger charge is 2.31. The van der Waals surface area contributed by atoms with Crippen LogP contribution in [0.2, 0.25) is 0 Å². The van der Waals surface area contributed by atoms with E-state index in [9.17, 15) is 13.2 Å². The monoisotopic (exact) mass is 401 g/mol. The zero-order valence-corrected chi connectivity index (χ0v) is 15.9. The molecule has 27 heavy (non-hydrogen) atoms. The van der Waals surface area contributed by atoms with Gasteiger partial charge in [-0.25, -0.2) is 18.2 Å². The Morgan fingerprint density at radius 1 is 1.22 bits per heavy atom. The van der Waals surface area contributed by atoms with Gasteiger partial charge in [0.2, 0.25) is 0 Å². The minimum Gasteiger partial charge on any atom is -0.457 e. The molecule has 1 aliphatic rings. The molecular weight excluding hydrogens is 386 g/mol. The van der Waals surface area contributed by atoms with E-state index in [-0.39, 0.29) is 17.3 Å². The van der Waals surface area contributed by atoms with Gasteiger partial charge in [0.1, 0.15) is 23.5 Å². The summed E-state index contributed by atoms with van der Waals surface area (Å²) in [6.07, 6.45) is 0. The summed E-state index contributed by atoms with van der Waals surface area (Å²) >= 11 is 1.46. The maximum absolute atomic E-state index is 12.3. The van der Waals surface area contributed by atoms with E-state index in [1.54, 1.807) is 25.1 Å². The van der Waals surface area contributed by atoms with Crippen molar-refractivity contribution in [1.82, 2.24) is 9.71 Å². The molecule has 9 heteroatoms. The highest BCUT2D eigenvalue weighted by molar-refractivity contribution is 7.90. The average Bonchev–Trinajstić information content (AvgIpc) is 3.18. The fourth-order valence-corrected chi connectivity index (χ4v) is 4.83. The van der Waals surface area contributed by atoms with Gasteiger partial charge in [-0.2, -0.15) is 0 Å². The van der Waals surface area contributed by atoms with Crippen LogP contribution in [-0.2, 0) is 26.2 Å². The number of aromatic nitrogens is 1. The van der Waals surface area contributed by atoms with Gasteiger partial charge in [-0.05, 0) is 31.2 Å². The summed E-state index contributed by atoms with van der Waals surface area (Å²) in [5.41, 5.74) is 1.31. The van der Waals surface area contributed by atoms with Crippen molar-refractivity contribution >= 4 is 43.4 Å². The molecule has 0 saturated heterocycles. The molecule has 1 aliphatic heterocycles. The number of ether oxygens (including phenoxy) is 1. The summed E-state index contributed by atoms with van der Waals surface area (Å²) in [4.78, 5) is 21.0. The van der Waals surface area contributed by atoms with E-state index in [2.05, 4.69) is 14.7 Å². The number of rotatable bonds is 4. The predicted octanol–water partition coefficient (Wildman–Crippen LogP) is 2.47. The molecule has 0 saturated carbocycles. The largest absolute Gasteiger partial charge is 0.457 e. The molecule has 1 N–H and O–H groups in total. The summed E-state index contributed by atoms with van der Waals surface area (Å²) in [5.74, 6) is -0.402. The summed E-state index contributed by atoms with van der Waals surface area (Å²) in [7, 11) is -3.64. The highest BCUT2D eigenvalue weighted by Crippen LogP contribution is 2.24. The number of para-hydroxylation sites is 1. The third-order valence-electron chi connectivity index (χ3n) is 4.00. The van der Waals surface area contributed by atoms with Gasteiger partial charge >= 0.3 is 5.97 Å². The first kappa shape index (κ1) is 17.6. The average molecular weight is 401 g/mol. The van der Waals surface area contributed by atoms with Crippen LogP contribution in [0, 0.1) is 0 Å². The summed E-state index contributed by atoms with van der Waals surface area (Å²) in [6.45, 7) is 1.61. The van der Waals surface area contributed by atoms with Crippen molar-refractivity contribution in [3.63, 3.8) is 0 Å². The van der Waals surface area contributed by atoms with E-state index in [0.29, 0.717) is 10.6 Å². The number of hydrogen-bond acceptors (Lipinski definition) is 7. The third-order valence-corrected chi connectivity index (χ3v) is 6.41. The molecule has 0 radical (unpaired) electrons. The molecule has 2 aromatic carbocycles. The number of esters is 1. The van der Waals surface area contributed by atoms with Gasteiger partial charge in [-0.15, -0.1) is 11.3 Å². The Balaban J connectivity index is 1.47. The number of benzene rings is 2. The summed E-state index contributed by atoms with van der Waals surface area (Å²) in [6, 6.07) is 13.3. The molecule has 1 aromatic heterocycles. The quantitative estimate of drug-likeness (QED) is 0.677. The second-order valence-electron chi connectivity index (χ2n) is 5.94.